The van der Waals surface area contributed by atoms with Gasteiger partial charge in [0.25, 0.3) is 5.91 Å². The molecule has 0 radical (unpaired) electrons. The summed E-state index contributed by atoms with van der Waals surface area (Å²) in [7, 11) is 0. The molecule has 12 heavy (non-hydrogen) atoms. The molecular formula is C7H7N3OS. The summed E-state index contributed by atoms with van der Waals surface area (Å²) >= 11 is 1.40. The highest BCUT2D eigenvalue weighted by molar-refractivity contribution is 7.95. The van der Waals surface area contributed by atoms with Crippen LogP contribution >= 0.6 is 12.1 Å². The summed E-state index contributed by atoms with van der Waals surface area (Å²) < 4.78 is 4.78. The Morgan fingerprint density at radius 1 is 1.67 bits per heavy atom. The molecule has 0 aliphatic carbocycles. The predicted molar refractivity (Wildman–Crippen MR) is 47.1 cm³/mol. The van der Waals surface area contributed by atoms with Gasteiger partial charge in [-0.05, 0) is 12.2 Å². The molecule has 0 aromatic heterocycles. The molecule has 0 atom stereocenters. The number of nitrogens with zero attached hydrogens (tertiary/aromatic N) is 1. The number of carbonyl (C=O) groups is 1. The van der Waals surface area contributed by atoms with Gasteiger partial charge in [-0.1, -0.05) is 0 Å². The van der Waals surface area contributed by atoms with E-state index in [9.17, 15) is 4.79 Å². The van der Waals surface area contributed by atoms with Crippen molar-refractivity contribution in [1.82, 2.24) is 9.03 Å². The van der Waals surface area contributed by atoms with Crippen LogP contribution in [0.1, 0.15) is 0 Å². The van der Waals surface area contributed by atoms with Gasteiger partial charge in [-0.2, -0.15) is 0 Å². The van der Waals surface area contributed by atoms with Crippen molar-refractivity contribution in [3.05, 3.63) is 35.8 Å². The van der Waals surface area contributed by atoms with Gasteiger partial charge in [0.15, 0.2) is 0 Å². The van der Waals surface area contributed by atoms with Crippen molar-refractivity contribution in [1.29, 1.82) is 0 Å². The molecule has 3 N–H and O–H groups in total. The number of allylic oxidation sites excluding steroid dienone is 2. The van der Waals surface area contributed by atoms with Gasteiger partial charge in [0, 0.05) is 12.4 Å². The molecule has 0 bridgehead atoms. The van der Waals surface area contributed by atoms with Crippen molar-refractivity contribution in [2.24, 2.45) is 5.73 Å². The van der Waals surface area contributed by atoms with Gasteiger partial charge in [0.1, 0.15) is 0 Å². The third-order valence-electron chi connectivity index (χ3n) is 1.61. The van der Waals surface area contributed by atoms with Crippen LogP contribution in [0, 0.1) is 0 Å². The number of primary amides is 1. The van der Waals surface area contributed by atoms with Crippen LogP contribution in [-0.2, 0) is 4.79 Å². The largest absolute Gasteiger partial charge is 0.366 e. The second-order valence-corrected chi connectivity index (χ2v) is 3.16. The molecule has 2 aliphatic rings. The fourth-order valence-electron chi connectivity index (χ4n) is 1.07. The standard InChI is InChI=1S/C7H7N3OS/c8-7(11)5-2-1-3-10-6(5)4-9-12-10/h1-4,9H,(H2,8,11). The smallest absolute Gasteiger partial charge is 0.250 e. The van der Waals surface area contributed by atoms with Crippen LogP contribution in [-0.4, -0.2) is 10.2 Å². The summed E-state index contributed by atoms with van der Waals surface area (Å²) in [6.07, 6.45) is 7.11. The summed E-state index contributed by atoms with van der Waals surface area (Å²) in [6, 6.07) is 0. The number of nitrogens with two attached hydrogens (primary N) is 1. The molecule has 0 spiro atoms. The van der Waals surface area contributed by atoms with Crippen LogP contribution in [0.25, 0.3) is 0 Å². The summed E-state index contributed by atoms with van der Waals surface area (Å²) in [5, 5.41) is 0. The Bertz CT molecular complexity index is 319. The van der Waals surface area contributed by atoms with Crippen LogP contribution in [0.3, 0.4) is 0 Å². The van der Waals surface area contributed by atoms with Crippen molar-refractivity contribution < 1.29 is 4.79 Å². The highest BCUT2D eigenvalue weighted by Gasteiger charge is 2.22. The number of hydrogen-bond acceptors (Lipinski definition) is 4. The topological polar surface area (TPSA) is 58.4 Å². The van der Waals surface area contributed by atoms with Crippen LogP contribution in [0.2, 0.25) is 0 Å². The Morgan fingerprint density at radius 2 is 2.50 bits per heavy atom. The van der Waals surface area contributed by atoms with Gasteiger partial charge >= 0.3 is 0 Å². The first kappa shape index (κ1) is 7.30. The first-order valence-electron chi connectivity index (χ1n) is 3.39. The lowest BCUT2D eigenvalue weighted by atomic mass is 10.1. The van der Waals surface area contributed by atoms with E-state index < -0.39 is 5.91 Å². The third kappa shape index (κ3) is 0.984. The zero-order valence-electron chi connectivity index (χ0n) is 6.15. The molecular weight excluding hydrogens is 174 g/mol. The average molecular weight is 181 g/mol. The lowest BCUT2D eigenvalue weighted by Gasteiger charge is -2.17. The molecule has 0 saturated carbocycles. The van der Waals surface area contributed by atoms with E-state index in [0.29, 0.717) is 5.57 Å². The summed E-state index contributed by atoms with van der Waals surface area (Å²) in [4.78, 5) is 10.9. The SMILES string of the molecule is NC(=O)C1=CC=CN2SNC=C12. The summed E-state index contributed by atoms with van der Waals surface area (Å²) in [5.74, 6) is -0.403. The monoisotopic (exact) mass is 181 g/mol. The summed E-state index contributed by atoms with van der Waals surface area (Å²) in [6.45, 7) is 0. The Labute approximate surface area is 74.1 Å². The number of rotatable bonds is 1. The first-order valence-corrected chi connectivity index (χ1v) is 4.17. The number of amides is 1. The highest BCUT2D eigenvalue weighted by Crippen LogP contribution is 2.29. The molecule has 5 heteroatoms. The fourth-order valence-corrected chi connectivity index (χ4v) is 1.73. The lowest BCUT2D eigenvalue weighted by molar-refractivity contribution is -0.114. The van der Waals surface area contributed by atoms with Gasteiger partial charge in [0.2, 0.25) is 0 Å². The van der Waals surface area contributed by atoms with Gasteiger partial charge in [-0.15, -0.1) is 0 Å². The van der Waals surface area contributed by atoms with Crippen LogP contribution < -0.4 is 10.5 Å². The maximum atomic E-state index is 10.9. The Morgan fingerprint density at radius 3 is 3.25 bits per heavy atom. The molecule has 4 nitrogen and oxygen atoms in total. The third-order valence-corrected chi connectivity index (χ3v) is 2.35. The maximum absolute atomic E-state index is 10.9. The van der Waals surface area contributed by atoms with Crippen molar-refractivity contribution >= 4 is 18.0 Å². The molecule has 0 unspecified atom stereocenters. The van der Waals surface area contributed by atoms with Crippen molar-refractivity contribution in [3.63, 3.8) is 0 Å². The van der Waals surface area contributed by atoms with Crippen LogP contribution in [0.4, 0.5) is 0 Å². The van der Waals surface area contributed by atoms with Crippen LogP contribution in [0.5, 0.6) is 0 Å². The number of hydrogen-bond donors (Lipinski definition) is 2. The minimum Gasteiger partial charge on any atom is -0.366 e. The average Bonchev–Trinajstić information content (AvgIpc) is 2.49. The minimum atomic E-state index is -0.403. The van der Waals surface area contributed by atoms with E-state index in [-0.39, 0.29) is 0 Å². The van der Waals surface area contributed by atoms with Crippen molar-refractivity contribution in [2.45, 2.75) is 0 Å². The van der Waals surface area contributed by atoms with E-state index in [1.54, 1.807) is 18.4 Å². The van der Waals surface area contributed by atoms with E-state index in [0.717, 1.165) is 5.70 Å². The van der Waals surface area contributed by atoms with Gasteiger partial charge < -0.3 is 10.5 Å². The van der Waals surface area contributed by atoms with Gasteiger partial charge in [0.05, 0.1) is 23.4 Å². The quantitative estimate of drug-likeness (QED) is 0.569. The molecule has 1 amide bonds. The Kier molecular flexibility index (Phi) is 1.58. The predicted octanol–water partition coefficient (Wildman–Crippen LogP) is 0.235. The van der Waals surface area contributed by atoms with Crippen molar-refractivity contribution in [3.8, 4) is 0 Å². The second kappa shape index (κ2) is 2.60. The lowest BCUT2D eigenvalue weighted by Crippen LogP contribution is -2.21. The molecule has 62 valence electrons. The Hall–Kier alpha value is -1.36. The van der Waals surface area contributed by atoms with Gasteiger partial charge in [-0.3, -0.25) is 9.10 Å². The van der Waals surface area contributed by atoms with Crippen LogP contribution in [0.15, 0.2) is 35.8 Å². The molecule has 2 heterocycles. The maximum Gasteiger partial charge on any atom is 0.250 e. The van der Waals surface area contributed by atoms with E-state index in [1.165, 1.54) is 12.1 Å². The van der Waals surface area contributed by atoms with E-state index in [1.807, 2.05) is 10.5 Å². The number of nitrogens with one attached hydrogen (secondary N) is 1. The van der Waals surface area contributed by atoms with E-state index >= 15 is 0 Å². The molecule has 0 aromatic rings. The Balaban J connectivity index is 2.38. The normalized spacial score (nSPS) is 19.5. The molecule has 0 fully saturated rings. The number of carbonyl (C=O) groups excluding carboxylic acids is 1. The molecule has 2 rings (SSSR count). The van der Waals surface area contributed by atoms with Crippen molar-refractivity contribution in [2.75, 3.05) is 0 Å². The summed E-state index contributed by atoms with van der Waals surface area (Å²) in [5.41, 5.74) is 6.53. The van der Waals surface area contributed by atoms with Gasteiger partial charge in [-0.25, -0.2) is 0 Å². The molecule has 0 saturated heterocycles. The molecule has 0 aromatic carbocycles. The van der Waals surface area contributed by atoms with E-state index in [4.69, 9.17) is 5.73 Å². The fraction of sp³-hybridized carbons (Fsp3) is 0. The first-order chi connectivity index (χ1) is 5.79. The van der Waals surface area contributed by atoms with E-state index in [2.05, 4.69) is 4.72 Å². The number of fused-ring (bicyclic) bond motifs is 1. The zero-order chi connectivity index (χ0) is 8.55. The second-order valence-electron chi connectivity index (χ2n) is 2.35. The minimum absolute atomic E-state index is 0.403. The zero-order valence-corrected chi connectivity index (χ0v) is 6.97. The highest BCUT2D eigenvalue weighted by atomic mass is 32.2. The molecule has 2 aliphatic heterocycles.